The maximum Gasteiger partial charge on any atom is 0.245 e. The number of hydrogen-bond donors (Lipinski definition) is 0. The molecule has 9 atom stereocenters. The first-order chi connectivity index (χ1) is 66.7. The SMILES string of the molecule is CC(=O)c1nn(CC(=O)N2[C@H]3C[C@@]4(C=CCCCCCCc5ccc(Br)nc5CC3=O)C[C@@H]24)c2cnc(-c3cnc(C)nc3)cc12.CC(=O)c1nn(CC(=O)N2[C@H]3C[C@@]4(COC/C=C/COCc5ccc(Br)nc5CC3=O)C[C@@H]24)c2cnc(-c3cnc(C)nc3)cc12.CC(=O)c1nn(CC(=O)N2[C@H]3C[C@@]4(COC/C=C\COCc5ccc(Br)nc5CC3=O)C[C@@H]24)c2cnc(-c3cnc(C)nc3)cc12. The van der Waals surface area contributed by atoms with Crippen molar-refractivity contribution in [2.24, 2.45) is 16.2 Å². The van der Waals surface area contributed by atoms with E-state index in [2.05, 4.69) is 136 Å². The molecule has 5 aliphatic heterocycles. The number of halogens is 3. The van der Waals surface area contributed by atoms with Crippen LogP contribution in [0, 0.1) is 37.0 Å². The van der Waals surface area contributed by atoms with E-state index >= 15 is 0 Å². The Hall–Kier alpha value is -12.5. The number of fused-ring (bicyclic) bond motifs is 9. The van der Waals surface area contributed by atoms with E-state index in [9.17, 15) is 43.2 Å². The molecule has 3 spiro atoms. The zero-order valence-corrected chi connectivity index (χ0v) is 81.8. The van der Waals surface area contributed by atoms with Crippen LogP contribution in [0.25, 0.3) is 66.5 Å². The van der Waals surface area contributed by atoms with Gasteiger partial charge in [0.05, 0.1) is 160 Å². The zero-order valence-electron chi connectivity index (χ0n) is 77.0. The maximum absolute atomic E-state index is 14.2. The Bertz CT molecular complexity index is 6690. The van der Waals surface area contributed by atoms with Gasteiger partial charge in [0.15, 0.2) is 34.7 Å². The van der Waals surface area contributed by atoms with E-state index in [0.717, 1.165) is 79.3 Å². The van der Waals surface area contributed by atoms with Crippen molar-refractivity contribution in [3.63, 3.8) is 0 Å². The average Bonchev–Trinajstić information content (AvgIpc) is 1.54. The van der Waals surface area contributed by atoms with Crippen LogP contribution in [0.4, 0.5) is 0 Å². The molecule has 12 aromatic heterocycles. The summed E-state index contributed by atoms with van der Waals surface area (Å²) in [5, 5.41) is 15.5. The number of likely N-dealkylation sites (tertiary alicyclic amines) is 3. The molecule has 9 aliphatic rings. The minimum Gasteiger partial charge on any atom is -0.377 e. The van der Waals surface area contributed by atoms with Crippen LogP contribution in [0.3, 0.4) is 0 Å². The first kappa shape index (κ1) is 94.4. The van der Waals surface area contributed by atoms with Gasteiger partial charge in [0.25, 0.3) is 0 Å². The Labute approximate surface area is 819 Å². The Morgan fingerprint density at radius 3 is 1.12 bits per heavy atom. The first-order valence-corrected chi connectivity index (χ1v) is 48.8. The number of rotatable bonds is 12. The highest BCUT2D eigenvalue weighted by molar-refractivity contribution is 9.11. The highest BCUT2D eigenvalue weighted by Gasteiger charge is 2.69. The highest BCUT2D eigenvalue weighted by Crippen LogP contribution is 2.63. The summed E-state index contributed by atoms with van der Waals surface area (Å²) in [4.78, 5) is 181. The largest absolute Gasteiger partial charge is 0.377 e. The molecule has 4 aliphatic carbocycles. The number of hydrogen-bond acceptors (Lipinski definition) is 28. The van der Waals surface area contributed by atoms with Crippen LogP contribution in [0.1, 0.15) is 174 Å². The summed E-state index contributed by atoms with van der Waals surface area (Å²) in [6.45, 7) is 12.6. The van der Waals surface area contributed by atoms with Gasteiger partial charge in [0, 0.05) is 125 Å². The normalized spacial score (nSPS) is 23.5. The van der Waals surface area contributed by atoms with Crippen LogP contribution in [0.2, 0.25) is 0 Å². The third kappa shape index (κ3) is 19.9. The molecular weight excluding hydrogens is 1950 g/mol. The third-order valence-corrected chi connectivity index (χ3v) is 29.1. The van der Waals surface area contributed by atoms with Crippen molar-refractivity contribution in [3.8, 4) is 33.8 Å². The lowest BCUT2D eigenvalue weighted by Gasteiger charge is -2.27. The van der Waals surface area contributed by atoms with E-state index in [1.165, 1.54) is 36.6 Å². The summed E-state index contributed by atoms with van der Waals surface area (Å²) < 4.78 is 30.1. The Balaban J connectivity index is 0.000000132. The molecule has 3 amide bonds. The van der Waals surface area contributed by atoms with Gasteiger partial charge in [0.1, 0.15) is 68.0 Å². The second-order valence-corrected chi connectivity index (χ2v) is 39.6. The van der Waals surface area contributed by atoms with Gasteiger partial charge in [-0.25, -0.2) is 44.9 Å². The number of pyridine rings is 6. The lowest BCUT2D eigenvalue weighted by Crippen LogP contribution is -2.45. The Morgan fingerprint density at radius 2 is 0.739 bits per heavy atom. The van der Waals surface area contributed by atoms with Gasteiger partial charge in [-0.15, -0.1) is 0 Å². The zero-order chi connectivity index (χ0) is 96.0. The number of ether oxygens (including phenoxy) is 4. The number of amides is 3. The lowest BCUT2D eigenvalue weighted by molar-refractivity contribution is -0.139. The van der Waals surface area contributed by atoms with Gasteiger partial charge in [-0.1, -0.05) is 67.5 Å². The fourth-order valence-electron chi connectivity index (χ4n) is 20.4. The van der Waals surface area contributed by atoms with E-state index in [1.54, 1.807) is 102 Å². The van der Waals surface area contributed by atoms with E-state index in [4.69, 9.17) is 23.9 Å². The van der Waals surface area contributed by atoms with Gasteiger partial charge in [0.2, 0.25) is 17.7 Å². The molecule has 37 heteroatoms. The molecule has 6 bridgehead atoms. The molecule has 0 aromatic carbocycles. The topological polar surface area (TPSA) is 408 Å². The quantitative estimate of drug-likeness (QED) is 0.0622. The van der Waals surface area contributed by atoms with Crippen molar-refractivity contribution >= 4 is 133 Å². The molecule has 12 aromatic rings. The number of aryl methyl sites for hydroxylation is 4. The van der Waals surface area contributed by atoms with Gasteiger partial charge < -0.3 is 33.6 Å². The van der Waals surface area contributed by atoms with Gasteiger partial charge in [-0.2, -0.15) is 15.3 Å². The number of Topliss-reactive ketones (excluding diaryl/α,β-unsaturated/α-hetero) is 6. The standard InChI is InChI=1S/C35H36BrN7O3.2C33H32BrN7O5/c1-21(44)34-25-13-26(24-17-37-22(2)38-18-24)39-19-29(25)42(41-34)20-33(46)43-28-15-35(16-31(35)43)12-8-6-4-3-5-7-9-23-10-11-32(36)40-27(23)14-30(28)45;2*1-19(42)32-23-9-24(22-13-35-20(2)36-14-22)37-15-27(23)40(39-32)16-31(44)41-26-11-33(12-29(33)41)18-46-8-4-3-7-45-17-21-5-6-30(34)38-25(21)10-28(26)43/h8,10-13,17-19,28,31H,3-7,9,14-16,20H2,1-2H3;2*3-6,9,13-15,26,29H,7-8,10-12,16-18H2,1-2H3/b;4-3+;4-3-/t28-,31+,35-;2*26-,29+,33-/m000/s1. The molecule has 34 nitrogen and oxygen atoms in total. The molecule has 0 radical (unpaired) electrons. The predicted octanol–water partition coefficient (Wildman–Crippen LogP) is 13.5. The number of allylic oxidation sites excluding steroid dienone is 1. The number of nitrogens with zero attached hydrogens (tertiary/aromatic N) is 21. The minimum atomic E-state index is -0.634. The van der Waals surface area contributed by atoms with E-state index in [1.807, 2.05) is 66.5 Å². The molecule has 0 N–H and O–H groups in total. The second-order valence-electron chi connectivity index (χ2n) is 37.2. The van der Waals surface area contributed by atoms with Crippen molar-refractivity contribution in [1.29, 1.82) is 0 Å². The van der Waals surface area contributed by atoms with Crippen molar-refractivity contribution in [1.82, 2.24) is 104 Å². The smallest absolute Gasteiger partial charge is 0.245 e. The van der Waals surface area contributed by atoms with E-state index in [-0.39, 0.29) is 143 Å². The lowest BCUT2D eigenvalue weighted by atomic mass is 9.93. The van der Waals surface area contributed by atoms with Crippen LogP contribution >= 0.6 is 47.8 Å². The summed E-state index contributed by atoms with van der Waals surface area (Å²) in [7, 11) is 0. The molecule has 0 unspecified atom stereocenters. The summed E-state index contributed by atoms with van der Waals surface area (Å²) in [5.74, 6) is 0.424. The summed E-state index contributed by atoms with van der Waals surface area (Å²) >= 11 is 10.4. The summed E-state index contributed by atoms with van der Waals surface area (Å²) in [6, 6.07) is 14.7. The average molecular weight is 2060 g/mol. The number of carbonyl (C=O) groups is 9. The number of ketones is 6. The molecular formula is C101H100Br3N21O13. The third-order valence-electron chi connectivity index (χ3n) is 27.8. The predicted molar refractivity (Wildman–Crippen MR) is 515 cm³/mol. The summed E-state index contributed by atoms with van der Waals surface area (Å²) in [6.07, 6.45) is 37.9. The van der Waals surface area contributed by atoms with Crippen LogP contribution in [-0.4, -0.2) is 232 Å². The van der Waals surface area contributed by atoms with Crippen LogP contribution in [-0.2, 0) is 106 Å². The van der Waals surface area contributed by atoms with Crippen molar-refractivity contribution in [3.05, 3.63) is 229 Å². The fraction of sp³-hybridized carbons (Fsp3) is 0.406. The minimum absolute atomic E-state index is 0.0106. The number of carbonyl (C=O) groups excluding carboxylic acids is 9. The molecule has 21 rings (SSSR count). The van der Waals surface area contributed by atoms with E-state index < -0.39 is 18.1 Å². The molecule has 3 saturated carbocycles. The van der Waals surface area contributed by atoms with Crippen LogP contribution in [0.5, 0.6) is 0 Å². The van der Waals surface area contributed by atoms with E-state index in [0.29, 0.717) is 176 Å². The van der Waals surface area contributed by atoms with Gasteiger partial charge >= 0.3 is 0 Å². The van der Waals surface area contributed by atoms with Crippen LogP contribution in [0.15, 0.2) is 161 Å². The fourth-order valence-corrected chi connectivity index (χ4v) is 21.4. The first-order valence-electron chi connectivity index (χ1n) is 46.4. The number of aromatic nitrogens is 18. The van der Waals surface area contributed by atoms with Gasteiger partial charge in [-0.05, 0) is 186 Å². The molecule has 138 heavy (non-hydrogen) atoms. The van der Waals surface area contributed by atoms with Crippen molar-refractivity contribution in [2.45, 2.75) is 207 Å². The Morgan fingerprint density at radius 1 is 0.391 bits per heavy atom. The molecule has 17 heterocycles. The van der Waals surface area contributed by atoms with Crippen LogP contribution < -0.4 is 0 Å². The van der Waals surface area contributed by atoms with Gasteiger partial charge in [-0.3, -0.25) is 72.1 Å². The number of piperidine rings is 3. The highest BCUT2D eigenvalue weighted by atomic mass is 79.9. The molecule has 6 fully saturated rings. The molecule has 708 valence electrons. The monoisotopic (exact) mass is 2050 g/mol. The second kappa shape index (κ2) is 39.8. The Kier molecular flexibility index (Phi) is 27.2. The van der Waals surface area contributed by atoms with Crippen molar-refractivity contribution in [2.75, 3.05) is 39.6 Å². The molecule has 3 saturated heterocycles. The van der Waals surface area contributed by atoms with Crippen molar-refractivity contribution < 1.29 is 62.1 Å². The maximum atomic E-state index is 14.2. The summed E-state index contributed by atoms with van der Waals surface area (Å²) in [5.41, 5.74) is 10.4.